The molecule has 1 saturated carbocycles. The van der Waals surface area contributed by atoms with Crippen molar-refractivity contribution in [2.75, 3.05) is 6.54 Å². The highest BCUT2D eigenvalue weighted by Gasteiger charge is 2.14. The van der Waals surface area contributed by atoms with Crippen LogP contribution in [0.3, 0.4) is 0 Å². The van der Waals surface area contributed by atoms with Crippen molar-refractivity contribution in [2.45, 2.75) is 58.1 Å². The molecule has 3 nitrogen and oxygen atoms in total. The van der Waals surface area contributed by atoms with Crippen molar-refractivity contribution < 1.29 is 4.74 Å². The van der Waals surface area contributed by atoms with Gasteiger partial charge in [-0.2, -0.15) is 0 Å². The van der Waals surface area contributed by atoms with E-state index in [-0.39, 0.29) is 0 Å². The lowest BCUT2D eigenvalue weighted by molar-refractivity contribution is 0.176. The molecule has 1 aliphatic carbocycles. The first-order valence-corrected chi connectivity index (χ1v) is 7.22. The summed E-state index contributed by atoms with van der Waals surface area (Å²) in [6, 6.07) is 6.05. The highest BCUT2D eigenvalue weighted by molar-refractivity contribution is 5.16. The minimum Gasteiger partial charge on any atom is -0.474 e. The fourth-order valence-electron chi connectivity index (χ4n) is 2.41. The standard InChI is InChI=1S/C15H24N2O/c1-2-16-12-13-8-7-11-15(17-13)18-14-9-5-3-4-6-10-14/h7-8,11,14,16H,2-6,9-10,12H2,1H3. The molecular weight excluding hydrogens is 224 g/mol. The average Bonchev–Trinajstić information content (AvgIpc) is 2.65. The van der Waals surface area contributed by atoms with Crippen LogP contribution in [0.15, 0.2) is 18.2 Å². The number of ether oxygens (including phenoxy) is 1. The molecule has 1 fully saturated rings. The van der Waals surface area contributed by atoms with Gasteiger partial charge in [0.05, 0.1) is 5.69 Å². The van der Waals surface area contributed by atoms with Crippen LogP contribution < -0.4 is 10.1 Å². The molecule has 0 radical (unpaired) electrons. The lowest BCUT2D eigenvalue weighted by Crippen LogP contribution is -2.17. The maximum absolute atomic E-state index is 6.02. The maximum atomic E-state index is 6.02. The molecule has 0 atom stereocenters. The largest absolute Gasteiger partial charge is 0.474 e. The predicted molar refractivity (Wildman–Crippen MR) is 73.7 cm³/mol. The number of hydrogen-bond donors (Lipinski definition) is 1. The van der Waals surface area contributed by atoms with Crippen molar-refractivity contribution >= 4 is 0 Å². The Morgan fingerprint density at radius 1 is 1.22 bits per heavy atom. The second-order valence-corrected chi connectivity index (χ2v) is 4.98. The zero-order valence-corrected chi connectivity index (χ0v) is 11.3. The third kappa shape index (κ3) is 4.30. The fourth-order valence-corrected chi connectivity index (χ4v) is 2.41. The molecule has 1 aliphatic rings. The number of nitrogens with one attached hydrogen (secondary N) is 1. The number of pyridine rings is 1. The number of aromatic nitrogens is 1. The predicted octanol–water partition coefficient (Wildman–Crippen LogP) is 3.29. The van der Waals surface area contributed by atoms with Crippen molar-refractivity contribution in [2.24, 2.45) is 0 Å². The Kier molecular flexibility index (Phi) is 5.46. The van der Waals surface area contributed by atoms with Gasteiger partial charge in [-0.1, -0.05) is 25.8 Å². The summed E-state index contributed by atoms with van der Waals surface area (Å²) < 4.78 is 6.02. The lowest BCUT2D eigenvalue weighted by atomic mass is 10.1. The summed E-state index contributed by atoms with van der Waals surface area (Å²) in [4.78, 5) is 4.55. The summed E-state index contributed by atoms with van der Waals surface area (Å²) in [5.41, 5.74) is 1.06. The Morgan fingerprint density at radius 3 is 2.72 bits per heavy atom. The first-order chi connectivity index (χ1) is 8.88. The van der Waals surface area contributed by atoms with Gasteiger partial charge < -0.3 is 10.1 Å². The Balaban J connectivity index is 1.91. The third-order valence-electron chi connectivity index (χ3n) is 3.43. The average molecular weight is 248 g/mol. The zero-order chi connectivity index (χ0) is 12.6. The monoisotopic (exact) mass is 248 g/mol. The molecule has 0 bridgehead atoms. The van der Waals surface area contributed by atoms with Crippen molar-refractivity contribution in [3.8, 4) is 5.88 Å². The van der Waals surface area contributed by atoms with Crippen LogP contribution in [0.25, 0.3) is 0 Å². The minimum atomic E-state index is 0.370. The number of hydrogen-bond acceptors (Lipinski definition) is 3. The van der Waals surface area contributed by atoms with Crippen LogP contribution in [0, 0.1) is 0 Å². The van der Waals surface area contributed by atoms with Gasteiger partial charge in [-0.15, -0.1) is 0 Å². The van der Waals surface area contributed by atoms with Crippen molar-refractivity contribution in [1.82, 2.24) is 10.3 Å². The molecule has 0 unspecified atom stereocenters. The third-order valence-corrected chi connectivity index (χ3v) is 3.43. The summed E-state index contributed by atoms with van der Waals surface area (Å²) in [5, 5.41) is 3.29. The first kappa shape index (κ1) is 13.3. The topological polar surface area (TPSA) is 34.1 Å². The molecule has 2 rings (SSSR count). The minimum absolute atomic E-state index is 0.370. The van der Waals surface area contributed by atoms with Gasteiger partial charge in [-0.05, 0) is 38.3 Å². The van der Waals surface area contributed by atoms with E-state index in [0.717, 1.165) is 24.7 Å². The summed E-state index contributed by atoms with van der Waals surface area (Å²) in [5.74, 6) is 0.789. The Morgan fingerprint density at radius 2 is 2.00 bits per heavy atom. The normalized spacial score (nSPS) is 17.4. The van der Waals surface area contributed by atoms with Gasteiger partial charge in [0.25, 0.3) is 0 Å². The van der Waals surface area contributed by atoms with Gasteiger partial charge in [0.15, 0.2) is 0 Å². The van der Waals surface area contributed by atoms with E-state index < -0.39 is 0 Å². The smallest absolute Gasteiger partial charge is 0.213 e. The van der Waals surface area contributed by atoms with Crippen LogP contribution in [0.5, 0.6) is 5.88 Å². The molecule has 0 amide bonds. The Hall–Kier alpha value is -1.09. The van der Waals surface area contributed by atoms with Crippen molar-refractivity contribution in [1.29, 1.82) is 0 Å². The molecule has 1 N–H and O–H groups in total. The second-order valence-electron chi connectivity index (χ2n) is 4.98. The van der Waals surface area contributed by atoms with Crippen LogP contribution >= 0.6 is 0 Å². The van der Waals surface area contributed by atoms with Crippen LogP contribution in [-0.2, 0) is 6.54 Å². The van der Waals surface area contributed by atoms with E-state index in [1.165, 1.54) is 38.5 Å². The van der Waals surface area contributed by atoms with E-state index >= 15 is 0 Å². The molecule has 0 aliphatic heterocycles. The van der Waals surface area contributed by atoms with Crippen LogP contribution in [0.1, 0.15) is 51.1 Å². The summed E-state index contributed by atoms with van der Waals surface area (Å²) in [7, 11) is 0. The SMILES string of the molecule is CCNCc1cccc(OC2CCCCCC2)n1. The quantitative estimate of drug-likeness (QED) is 0.812. The van der Waals surface area contributed by atoms with Gasteiger partial charge in [-0.3, -0.25) is 0 Å². The summed E-state index contributed by atoms with van der Waals surface area (Å²) in [6.45, 7) is 3.89. The molecule has 1 aromatic heterocycles. The van der Waals surface area contributed by atoms with Crippen LogP contribution in [-0.4, -0.2) is 17.6 Å². The van der Waals surface area contributed by atoms with E-state index in [4.69, 9.17) is 4.74 Å². The van der Waals surface area contributed by atoms with E-state index in [1.807, 2.05) is 18.2 Å². The number of nitrogens with zero attached hydrogens (tertiary/aromatic N) is 1. The zero-order valence-electron chi connectivity index (χ0n) is 11.3. The Bertz CT molecular complexity index is 346. The maximum Gasteiger partial charge on any atom is 0.213 e. The van der Waals surface area contributed by atoms with Crippen molar-refractivity contribution in [3.05, 3.63) is 23.9 Å². The molecule has 1 heterocycles. The highest BCUT2D eigenvalue weighted by atomic mass is 16.5. The first-order valence-electron chi connectivity index (χ1n) is 7.22. The summed E-state index contributed by atoms with van der Waals surface area (Å²) >= 11 is 0. The van der Waals surface area contributed by atoms with Crippen LogP contribution in [0.4, 0.5) is 0 Å². The summed E-state index contributed by atoms with van der Waals surface area (Å²) in [6.07, 6.45) is 8.03. The number of rotatable bonds is 5. The molecular formula is C15H24N2O. The molecule has 18 heavy (non-hydrogen) atoms. The Labute approximate surface area is 110 Å². The van der Waals surface area contributed by atoms with Crippen LogP contribution in [0.2, 0.25) is 0 Å². The molecule has 1 aromatic rings. The molecule has 0 saturated heterocycles. The van der Waals surface area contributed by atoms with Gasteiger partial charge in [0, 0.05) is 12.6 Å². The molecule has 3 heteroatoms. The highest BCUT2D eigenvalue weighted by Crippen LogP contribution is 2.21. The van der Waals surface area contributed by atoms with Crippen molar-refractivity contribution in [3.63, 3.8) is 0 Å². The van der Waals surface area contributed by atoms with Gasteiger partial charge in [0.1, 0.15) is 6.10 Å². The lowest BCUT2D eigenvalue weighted by Gasteiger charge is -2.16. The fraction of sp³-hybridized carbons (Fsp3) is 0.667. The van der Waals surface area contributed by atoms with Gasteiger partial charge in [0.2, 0.25) is 5.88 Å². The van der Waals surface area contributed by atoms with E-state index in [1.54, 1.807) is 0 Å². The molecule has 100 valence electrons. The van der Waals surface area contributed by atoms with Gasteiger partial charge in [-0.25, -0.2) is 4.98 Å². The van der Waals surface area contributed by atoms with E-state index in [9.17, 15) is 0 Å². The van der Waals surface area contributed by atoms with E-state index in [0.29, 0.717) is 6.10 Å². The van der Waals surface area contributed by atoms with E-state index in [2.05, 4.69) is 17.2 Å². The van der Waals surface area contributed by atoms with Gasteiger partial charge >= 0.3 is 0 Å². The molecule has 0 aromatic carbocycles. The molecule has 0 spiro atoms. The second kappa shape index (κ2) is 7.37.